The van der Waals surface area contributed by atoms with Crippen LogP contribution < -0.4 is 10.1 Å². The Labute approximate surface area is 130 Å². The molecule has 1 N–H and O–H groups in total. The van der Waals surface area contributed by atoms with Crippen LogP contribution in [0.15, 0.2) is 5.38 Å². The molecule has 2 aromatic rings. The van der Waals surface area contributed by atoms with Crippen LogP contribution in [-0.4, -0.2) is 28.4 Å². The number of rotatable bonds is 6. The number of thiazole rings is 1. The van der Waals surface area contributed by atoms with Gasteiger partial charge in [0.2, 0.25) is 5.88 Å². The van der Waals surface area contributed by atoms with Crippen molar-refractivity contribution in [3.8, 4) is 5.88 Å². The SMILES string of the molecule is CCNC(c1nc(C(C)C)cs1)c1c(C)nn(C)c1OC. The van der Waals surface area contributed by atoms with Gasteiger partial charge in [-0.05, 0) is 19.4 Å². The molecule has 0 amide bonds. The largest absolute Gasteiger partial charge is 0.481 e. The van der Waals surface area contributed by atoms with Crippen LogP contribution in [0.3, 0.4) is 0 Å². The normalized spacial score (nSPS) is 12.9. The monoisotopic (exact) mass is 308 g/mol. The fraction of sp³-hybridized carbons (Fsp3) is 0.600. The molecule has 1 unspecified atom stereocenters. The van der Waals surface area contributed by atoms with Crippen LogP contribution in [0.25, 0.3) is 0 Å². The fourth-order valence-electron chi connectivity index (χ4n) is 2.44. The molecular formula is C15H24N4OS. The van der Waals surface area contributed by atoms with Crippen molar-refractivity contribution < 1.29 is 4.74 Å². The van der Waals surface area contributed by atoms with Crippen LogP contribution in [-0.2, 0) is 7.05 Å². The molecule has 0 saturated carbocycles. The van der Waals surface area contributed by atoms with E-state index in [-0.39, 0.29) is 6.04 Å². The van der Waals surface area contributed by atoms with Gasteiger partial charge in [0, 0.05) is 12.4 Å². The molecule has 21 heavy (non-hydrogen) atoms. The summed E-state index contributed by atoms with van der Waals surface area (Å²) in [4.78, 5) is 4.79. The standard InChI is InChI=1S/C15H24N4OS/c1-7-16-13(14-17-11(8-21-14)9(2)3)12-10(4)18-19(5)15(12)20-6/h8-9,13,16H,7H2,1-6H3. The van der Waals surface area contributed by atoms with E-state index in [4.69, 9.17) is 9.72 Å². The van der Waals surface area contributed by atoms with Gasteiger partial charge in [-0.1, -0.05) is 20.8 Å². The summed E-state index contributed by atoms with van der Waals surface area (Å²) >= 11 is 1.69. The summed E-state index contributed by atoms with van der Waals surface area (Å²) in [5.41, 5.74) is 3.19. The third kappa shape index (κ3) is 3.11. The zero-order valence-electron chi connectivity index (χ0n) is 13.6. The third-order valence-corrected chi connectivity index (χ3v) is 4.41. The summed E-state index contributed by atoms with van der Waals surface area (Å²) in [6.45, 7) is 9.30. The first-order chi connectivity index (χ1) is 9.99. The lowest BCUT2D eigenvalue weighted by molar-refractivity contribution is 0.365. The summed E-state index contributed by atoms with van der Waals surface area (Å²) in [5, 5.41) is 11.2. The van der Waals surface area contributed by atoms with Gasteiger partial charge in [0.05, 0.1) is 30.1 Å². The summed E-state index contributed by atoms with van der Waals surface area (Å²) < 4.78 is 7.32. The number of hydrogen-bond acceptors (Lipinski definition) is 5. The average Bonchev–Trinajstić information content (AvgIpc) is 3.01. The molecule has 6 heteroatoms. The van der Waals surface area contributed by atoms with Gasteiger partial charge in [-0.15, -0.1) is 11.3 Å². The smallest absolute Gasteiger partial charge is 0.216 e. The number of hydrogen-bond donors (Lipinski definition) is 1. The van der Waals surface area contributed by atoms with Gasteiger partial charge in [0.15, 0.2) is 0 Å². The number of nitrogens with zero attached hydrogens (tertiary/aromatic N) is 3. The van der Waals surface area contributed by atoms with Crippen LogP contribution in [0.2, 0.25) is 0 Å². The Morgan fingerprint density at radius 2 is 2.14 bits per heavy atom. The van der Waals surface area contributed by atoms with Gasteiger partial charge < -0.3 is 10.1 Å². The highest BCUT2D eigenvalue weighted by atomic mass is 32.1. The quantitative estimate of drug-likeness (QED) is 0.891. The van der Waals surface area contributed by atoms with Crippen molar-refractivity contribution in [2.45, 2.75) is 39.7 Å². The number of aryl methyl sites for hydroxylation is 2. The van der Waals surface area contributed by atoms with Crippen molar-refractivity contribution in [2.75, 3.05) is 13.7 Å². The van der Waals surface area contributed by atoms with Crippen molar-refractivity contribution in [3.63, 3.8) is 0 Å². The van der Waals surface area contributed by atoms with E-state index < -0.39 is 0 Å². The maximum Gasteiger partial charge on any atom is 0.216 e. The van der Waals surface area contributed by atoms with E-state index in [0.717, 1.165) is 34.4 Å². The molecule has 0 radical (unpaired) electrons. The first kappa shape index (κ1) is 16.0. The molecule has 2 heterocycles. The van der Waals surface area contributed by atoms with Crippen LogP contribution in [0, 0.1) is 6.92 Å². The van der Waals surface area contributed by atoms with Gasteiger partial charge in [-0.3, -0.25) is 0 Å². The molecule has 5 nitrogen and oxygen atoms in total. The van der Waals surface area contributed by atoms with Gasteiger partial charge in [0.25, 0.3) is 0 Å². The van der Waals surface area contributed by atoms with Crippen LogP contribution in [0.1, 0.15) is 54.7 Å². The molecule has 0 spiro atoms. The lowest BCUT2D eigenvalue weighted by Crippen LogP contribution is -2.23. The van der Waals surface area contributed by atoms with Crippen LogP contribution in [0.4, 0.5) is 0 Å². The average molecular weight is 308 g/mol. The highest BCUT2D eigenvalue weighted by Crippen LogP contribution is 2.34. The van der Waals surface area contributed by atoms with Gasteiger partial charge in [0.1, 0.15) is 5.01 Å². The van der Waals surface area contributed by atoms with Gasteiger partial charge in [-0.2, -0.15) is 5.10 Å². The minimum Gasteiger partial charge on any atom is -0.481 e. The molecular weight excluding hydrogens is 284 g/mol. The first-order valence-corrected chi connectivity index (χ1v) is 8.13. The van der Waals surface area contributed by atoms with E-state index in [1.807, 2.05) is 14.0 Å². The van der Waals surface area contributed by atoms with E-state index in [9.17, 15) is 0 Å². The summed E-state index contributed by atoms with van der Waals surface area (Å²) in [7, 11) is 3.59. The molecule has 0 fully saturated rings. The minimum atomic E-state index is 0.0242. The second-order valence-electron chi connectivity index (χ2n) is 5.39. The van der Waals surface area contributed by atoms with Crippen molar-refractivity contribution in [3.05, 3.63) is 27.3 Å². The maximum absolute atomic E-state index is 5.54. The lowest BCUT2D eigenvalue weighted by atomic mass is 10.1. The molecule has 0 aromatic carbocycles. The Bertz CT molecular complexity index is 603. The Balaban J connectivity index is 2.47. The highest BCUT2D eigenvalue weighted by molar-refractivity contribution is 7.09. The highest BCUT2D eigenvalue weighted by Gasteiger charge is 2.26. The van der Waals surface area contributed by atoms with Crippen LogP contribution in [0.5, 0.6) is 5.88 Å². The summed E-state index contributed by atoms with van der Waals surface area (Å²) in [6.07, 6.45) is 0. The van der Waals surface area contributed by atoms with Crippen molar-refractivity contribution in [1.82, 2.24) is 20.1 Å². The molecule has 0 aliphatic heterocycles. The number of ether oxygens (including phenoxy) is 1. The zero-order valence-corrected chi connectivity index (χ0v) is 14.4. The zero-order chi connectivity index (χ0) is 15.6. The second-order valence-corrected chi connectivity index (χ2v) is 6.28. The molecule has 0 aliphatic carbocycles. The predicted octanol–water partition coefficient (Wildman–Crippen LogP) is 3.02. The molecule has 2 aromatic heterocycles. The van der Waals surface area contributed by atoms with E-state index >= 15 is 0 Å². The van der Waals surface area contributed by atoms with Gasteiger partial charge >= 0.3 is 0 Å². The summed E-state index contributed by atoms with van der Waals surface area (Å²) in [5.74, 6) is 1.23. The number of methoxy groups -OCH3 is 1. The molecule has 1 atom stereocenters. The fourth-order valence-corrected chi connectivity index (χ4v) is 3.50. The Morgan fingerprint density at radius 3 is 2.67 bits per heavy atom. The predicted molar refractivity (Wildman–Crippen MR) is 86.2 cm³/mol. The molecule has 0 aliphatic rings. The topological polar surface area (TPSA) is 52.0 Å². The molecule has 0 saturated heterocycles. The Hall–Kier alpha value is -1.40. The molecule has 116 valence electrons. The molecule has 2 rings (SSSR count). The lowest BCUT2D eigenvalue weighted by Gasteiger charge is -2.16. The van der Waals surface area contributed by atoms with Crippen LogP contribution >= 0.6 is 11.3 Å². The van der Waals surface area contributed by atoms with E-state index in [0.29, 0.717) is 5.92 Å². The summed E-state index contributed by atoms with van der Waals surface area (Å²) in [6, 6.07) is 0.0242. The van der Waals surface area contributed by atoms with Crippen molar-refractivity contribution >= 4 is 11.3 Å². The van der Waals surface area contributed by atoms with E-state index in [1.54, 1.807) is 23.1 Å². The number of nitrogens with one attached hydrogen (secondary N) is 1. The van der Waals surface area contributed by atoms with Crippen molar-refractivity contribution in [1.29, 1.82) is 0 Å². The van der Waals surface area contributed by atoms with E-state index in [1.165, 1.54) is 0 Å². The van der Waals surface area contributed by atoms with Crippen molar-refractivity contribution in [2.24, 2.45) is 7.05 Å². The Morgan fingerprint density at radius 1 is 1.43 bits per heavy atom. The minimum absolute atomic E-state index is 0.0242. The maximum atomic E-state index is 5.54. The second kappa shape index (κ2) is 6.58. The Kier molecular flexibility index (Phi) is 5.00. The van der Waals surface area contributed by atoms with Gasteiger partial charge in [-0.25, -0.2) is 9.67 Å². The third-order valence-electron chi connectivity index (χ3n) is 3.48. The van der Waals surface area contributed by atoms with E-state index in [2.05, 4.69) is 36.6 Å². The molecule has 0 bridgehead atoms. The first-order valence-electron chi connectivity index (χ1n) is 7.25. The number of aromatic nitrogens is 3.